The molecule has 1 unspecified atom stereocenters. The monoisotopic (exact) mass is 425 g/mol. The summed E-state index contributed by atoms with van der Waals surface area (Å²) >= 11 is 0. The van der Waals surface area contributed by atoms with Gasteiger partial charge >= 0.3 is 6.18 Å². The van der Waals surface area contributed by atoms with E-state index in [1.807, 2.05) is 37.3 Å². The highest BCUT2D eigenvalue weighted by Crippen LogP contribution is 2.34. The molecule has 1 nitrogen and oxygen atoms in total. The number of rotatable bonds is 7. The van der Waals surface area contributed by atoms with Crippen molar-refractivity contribution < 1.29 is 17.6 Å². The van der Waals surface area contributed by atoms with E-state index in [9.17, 15) is 17.6 Å². The summed E-state index contributed by atoms with van der Waals surface area (Å²) < 4.78 is 52.6. The number of alkyl halides is 3. The number of nitrogens with one attached hydrogen (secondary N) is 1. The van der Waals surface area contributed by atoms with Crippen molar-refractivity contribution in [3.63, 3.8) is 0 Å². The van der Waals surface area contributed by atoms with E-state index in [1.165, 1.54) is 18.2 Å². The van der Waals surface area contributed by atoms with Gasteiger partial charge in [-0.1, -0.05) is 42.3 Å². The van der Waals surface area contributed by atoms with Crippen LogP contribution in [0.15, 0.2) is 72.8 Å². The lowest BCUT2D eigenvalue weighted by Gasteiger charge is -2.25. The second-order valence-corrected chi connectivity index (χ2v) is 7.71. The van der Waals surface area contributed by atoms with E-state index in [0.29, 0.717) is 30.5 Å². The minimum absolute atomic E-state index is 0.342. The van der Waals surface area contributed by atoms with Crippen LogP contribution < -0.4 is 5.32 Å². The van der Waals surface area contributed by atoms with Crippen molar-refractivity contribution in [2.45, 2.75) is 37.8 Å². The second kappa shape index (κ2) is 9.26. The molecule has 0 spiro atoms. The molecule has 0 fully saturated rings. The molecule has 0 amide bonds. The molecule has 0 bridgehead atoms. The average molecular weight is 425 g/mol. The lowest BCUT2D eigenvalue weighted by atomic mass is 9.78. The molecule has 0 aliphatic rings. The molecule has 0 aromatic heterocycles. The molecule has 1 atom stereocenters. The Morgan fingerprint density at radius 2 is 1.55 bits per heavy atom. The molecule has 1 N–H and O–H groups in total. The van der Waals surface area contributed by atoms with Gasteiger partial charge in [0.15, 0.2) is 0 Å². The van der Waals surface area contributed by atoms with E-state index in [-0.39, 0.29) is 5.82 Å². The molecule has 0 saturated heterocycles. The minimum atomic E-state index is -4.38. The van der Waals surface area contributed by atoms with Gasteiger partial charge in [-0.15, -0.1) is 6.42 Å². The van der Waals surface area contributed by atoms with Crippen molar-refractivity contribution in [1.82, 2.24) is 0 Å². The number of hydrogen-bond acceptors (Lipinski definition) is 1. The van der Waals surface area contributed by atoms with E-state index in [2.05, 4.69) is 11.2 Å². The van der Waals surface area contributed by atoms with E-state index >= 15 is 0 Å². The first-order valence-corrected chi connectivity index (χ1v) is 9.97. The molecule has 0 radical (unpaired) electrons. The van der Waals surface area contributed by atoms with Gasteiger partial charge in [0.25, 0.3) is 0 Å². The fourth-order valence-corrected chi connectivity index (χ4v) is 3.47. The quantitative estimate of drug-likeness (QED) is 0.305. The predicted molar refractivity (Wildman–Crippen MR) is 117 cm³/mol. The highest BCUT2D eigenvalue weighted by Gasteiger charge is 2.31. The van der Waals surface area contributed by atoms with Crippen molar-refractivity contribution in [2.24, 2.45) is 0 Å². The first-order chi connectivity index (χ1) is 14.7. The molecule has 31 heavy (non-hydrogen) atoms. The molecule has 3 rings (SSSR count). The van der Waals surface area contributed by atoms with Crippen molar-refractivity contribution in [2.75, 3.05) is 5.32 Å². The van der Waals surface area contributed by atoms with Gasteiger partial charge in [-0.3, -0.25) is 0 Å². The maximum atomic E-state index is 14.2. The van der Waals surface area contributed by atoms with Crippen LogP contribution in [0.3, 0.4) is 0 Å². The highest BCUT2D eigenvalue weighted by atomic mass is 19.4. The minimum Gasteiger partial charge on any atom is -0.353 e. The van der Waals surface area contributed by atoms with Crippen molar-refractivity contribution in [1.29, 1.82) is 0 Å². The largest absolute Gasteiger partial charge is 0.416 e. The van der Waals surface area contributed by atoms with Crippen LogP contribution in [0.1, 0.15) is 36.5 Å². The SMILES string of the molecule is C#CC(C)(CCCc1ccc(F)c(Nc2ccccc2)c1)c1ccc(C(F)(F)F)cc1. The zero-order valence-corrected chi connectivity index (χ0v) is 17.1. The zero-order valence-electron chi connectivity index (χ0n) is 17.1. The Labute approximate surface area is 180 Å². The van der Waals surface area contributed by atoms with E-state index < -0.39 is 17.2 Å². The summed E-state index contributed by atoms with van der Waals surface area (Å²) in [5, 5.41) is 3.07. The van der Waals surface area contributed by atoms with Crippen LogP contribution in [0.2, 0.25) is 0 Å². The molecule has 0 saturated carbocycles. The first-order valence-electron chi connectivity index (χ1n) is 9.97. The van der Waals surface area contributed by atoms with Crippen LogP contribution in [0.4, 0.5) is 28.9 Å². The molecule has 0 aliphatic heterocycles. The molecule has 0 heterocycles. The summed E-state index contributed by atoms with van der Waals surface area (Å²) in [4.78, 5) is 0. The molecule has 5 heteroatoms. The van der Waals surface area contributed by atoms with Crippen LogP contribution in [-0.4, -0.2) is 0 Å². The Hall–Kier alpha value is -3.26. The van der Waals surface area contributed by atoms with Crippen molar-refractivity contribution in [3.8, 4) is 12.3 Å². The van der Waals surface area contributed by atoms with Gasteiger partial charge in [-0.2, -0.15) is 13.2 Å². The van der Waals surface area contributed by atoms with Crippen molar-refractivity contribution in [3.05, 3.63) is 95.3 Å². The maximum absolute atomic E-state index is 14.2. The third kappa shape index (κ3) is 5.67. The number of aryl methyl sites for hydroxylation is 1. The average Bonchev–Trinajstić information content (AvgIpc) is 2.76. The van der Waals surface area contributed by atoms with E-state index in [4.69, 9.17) is 6.42 Å². The van der Waals surface area contributed by atoms with Gasteiger partial charge in [-0.25, -0.2) is 4.39 Å². The Morgan fingerprint density at radius 1 is 0.903 bits per heavy atom. The molecule has 3 aromatic rings. The number of para-hydroxylation sites is 1. The predicted octanol–water partition coefficient (Wildman–Crippen LogP) is 7.50. The number of benzene rings is 3. The van der Waals surface area contributed by atoms with Gasteiger partial charge in [0.1, 0.15) is 5.82 Å². The highest BCUT2D eigenvalue weighted by molar-refractivity contribution is 5.60. The van der Waals surface area contributed by atoms with Crippen molar-refractivity contribution >= 4 is 11.4 Å². The van der Waals surface area contributed by atoms with Gasteiger partial charge < -0.3 is 5.32 Å². The summed E-state index contributed by atoms with van der Waals surface area (Å²) in [5.41, 5.74) is 1.43. The van der Waals surface area contributed by atoms with Gasteiger partial charge in [0.2, 0.25) is 0 Å². The van der Waals surface area contributed by atoms with Crippen LogP contribution in [0, 0.1) is 18.2 Å². The molecular weight excluding hydrogens is 402 g/mol. The van der Waals surface area contributed by atoms with E-state index in [0.717, 1.165) is 23.4 Å². The molecule has 0 aliphatic carbocycles. The van der Waals surface area contributed by atoms with Gasteiger partial charge in [0.05, 0.1) is 16.7 Å². The zero-order chi connectivity index (χ0) is 22.5. The Bertz CT molecular complexity index is 1050. The molecule has 160 valence electrons. The number of hydrogen-bond donors (Lipinski definition) is 1. The summed E-state index contributed by atoms with van der Waals surface area (Å²) in [6, 6.07) is 19.3. The third-order valence-corrected chi connectivity index (χ3v) is 5.39. The second-order valence-electron chi connectivity index (χ2n) is 7.71. The lowest BCUT2D eigenvalue weighted by Crippen LogP contribution is -2.20. The van der Waals surface area contributed by atoms with Crippen LogP contribution in [0.25, 0.3) is 0 Å². The molecule has 3 aromatic carbocycles. The first kappa shape index (κ1) is 22.4. The van der Waals surface area contributed by atoms with Crippen LogP contribution >= 0.6 is 0 Å². The summed E-state index contributed by atoms with van der Waals surface area (Å²) in [6.45, 7) is 1.85. The maximum Gasteiger partial charge on any atom is 0.416 e. The fourth-order valence-electron chi connectivity index (χ4n) is 3.47. The summed E-state index contributed by atoms with van der Waals surface area (Å²) in [7, 11) is 0. The smallest absolute Gasteiger partial charge is 0.353 e. The fraction of sp³-hybridized carbons (Fsp3) is 0.231. The van der Waals surface area contributed by atoms with Crippen LogP contribution in [0.5, 0.6) is 0 Å². The Kier molecular flexibility index (Phi) is 6.70. The normalized spacial score (nSPS) is 13.3. The number of terminal acetylenes is 1. The van der Waals surface area contributed by atoms with Crippen LogP contribution in [-0.2, 0) is 18.0 Å². The topological polar surface area (TPSA) is 12.0 Å². The standard InChI is InChI=1S/C26H23F4N/c1-3-25(2,20-12-14-21(15-13-20)26(28,29)30)17-7-8-19-11-16-23(27)24(18-19)31-22-9-5-4-6-10-22/h1,4-6,9-16,18,31H,7-8,17H2,2H3. The molecular formula is C26H23F4N. The van der Waals surface area contributed by atoms with Gasteiger partial charge in [0, 0.05) is 5.69 Å². The lowest BCUT2D eigenvalue weighted by molar-refractivity contribution is -0.137. The number of halogens is 4. The van der Waals surface area contributed by atoms with E-state index in [1.54, 1.807) is 12.1 Å². The summed E-state index contributed by atoms with van der Waals surface area (Å²) in [5.74, 6) is 2.40. The Balaban J connectivity index is 1.67. The van der Waals surface area contributed by atoms with Gasteiger partial charge in [-0.05, 0) is 73.7 Å². The number of anilines is 2. The third-order valence-electron chi connectivity index (χ3n) is 5.39. The Morgan fingerprint density at radius 3 is 2.16 bits per heavy atom. The summed E-state index contributed by atoms with van der Waals surface area (Å²) in [6.07, 6.45) is 3.33.